The van der Waals surface area contributed by atoms with Crippen molar-refractivity contribution in [1.82, 2.24) is 0 Å². The molecule has 0 aliphatic heterocycles. The highest BCUT2D eigenvalue weighted by Crippen LogP contribution is 2.15. The van der Waals surface area contributed by atoms with Crippen LogP contribution in [0.15, 0.2) is 23.8 Å². The summed E-state index contributed by atoms with van der Waals surface area (Å²) in [5.41, 5.74) is 1.42. The second-order valence-electron chi connectivity index (χ2n) is 2.17. The zero-order valence-corrected chi connectivity index (χ0v) is 5.86. The van der Waals surface area contributed by atoms with E-state index in [1.165, 1.54) is 5.57 Å². The fourth-order valence-electron chi connectivity index (χ4n) is 0.814. The molecule has 0 radical (unpaired) electrons. The fourth-order valence-corrected chi connectivity index (χ4v) is 1.20. The number of thiol groups is 1. The van der Waals surface area contributed by atoms with Gasteiger partial charge in [0.1, 0.15) is 0 Å². The first-order valence-electron chi connectivity index (χ1n) is 2.81. The molecule has 0 saturated carbocycles. The molecule has 44 valence electrons. The second-order valence-corrected chi connectivity index (χ2v) is 2.83. The molecule has 0 aromatic heterocycles. The van der Waals surface area contributed by atoms with Gasteiger partial charge in [-0.15, -0.1) is 0 Å². The van der Waals surface area contributed by atoms with Crippen LogP contribution in [0.1, 0.15) is 13.3 Å². The standard InChI is InChI=1S/C7H10S/c1-6-3-2-4-7(8)5-6/h2-4,7-8H,5H2,1H3. The molecule has 0 spiro atoms. The van der Waals surface area contributed by atoms with E-state index in [-0.39, 0.29) is 0 Å². The van der Waals surface area contributed by atoms with Crippen molar-refractivity contribution in [1.29, 1.82) is 0 Å². The van der Waals surface area contributed by atoms with E-state index in [4.69, 9.17) is 0 Å². The van der Waals surface area contributed by atoms with Gasteiger partial charge in [0.05, 0.1) is 0 Å². The molecule has 0 bridgehead atoms. The first-order valence-corrected chi connectivity index (χ1v) is 3.33. The normalized spacial score (nSPS) is 27.8. The Morgan fingerprint density at radius 2 is 2.50 bits per heavy atom. The lowest BCUT2D eigenvalue weighted by Gasteiger charge is -2.08. The Labute approximate surface area is 55.7 Å². The summed E-state index contributed by atoms with van der Waals surface area (Å²) in [6.45, 7) is 2.13. The van der Waals surface area contributed by atoms with Crippen molar-refractivity contribution in [3.63, 3.8) is 0 Å². The van der Waals surface area contributed by atoms with Crippen LogP contribution in [0.3, 0.4) is 0 Å². The van der Waals surface area contributed by atoms with Gasteiger partial charge in [0, 0.05) is 5.25 Å². The van der Waals surface area contributed by atoms with E-state index in [1.54, 1.807) is 0 Å². The Bertz CT molecular complexity index is 133. The molecule has 1 rings (SSSR count). The average Bonchev–Trinajstić information content (AvgIpc) is 1.64. The number of hydrogen-bond donors (Lipinski definition) is 1. The molecular formula is C7H10S. The summed E-state index contributed by atoms with van der Waals surface area (Å²) < 4.78 is 0. The van der Waals surface area contributed by atoms with Gasteiger partial charge in [-0.3, -0.25) is 0 Å². The van der Waals surface area contributed by atoms with E-state index >= 15 is 0 Å². The topological polar surface area (TPSA) is 0 Å². The molecule has 0 N–H and O–H groups in total. The quantitative estimate of drug-likeness (QED) is 0.473. The highest BCUT2D eigenvalue weighted by atomic mass is 32.1. The summed E-state index contributed by atoms with van der Waals surface area (Å²) in [6, 6.07) is 0. The first-order chi connectivity index (χ1) is 3.79. The Morgan fingerprint density at radius 3 is 2.88 bits per heavy atom. The minimum atomic E-state index is 0.458. The van der Waals surface area contributed by atoms with Crippen molar-refractivity contribution in [2.75, 3.05) is 0 Å². The summed E-state index contributed by atoms with van der Waals surface area (Å²) in [4.78, 5) is 0. The molecule has 0 fully saturated rings. The van der Waals surface area contributed by atoms with E-state index in [9.17, 15) is 0 Å². The van der Waals surface area contributed by atoms with E-state index < -0.39 is 0 Å². The molecule has 0 heterocycles. The van der Waals surface area contributed by atoms with Gasteiger partial charge in [-0.1, -0.05) is 23.8 Å². The summed E-state index contributed by atoms with van der Waals surface area (Å²) in [5.74, 6) is 0. The van der Waals surface area contributed by atoms with Gasteiger partial charge in [-0.25, -0.2) is 0 Å². The van der Waals surface area contributed by atoms with E-state index in [0.29, 0.717) is 5.25 Å². The predicted molar refractivity (Wildman–Crippen MR) is 40.3 cm³/mol. The van der Waals surface area contributed by atoms with Gasteiger partial charge in [-0.05, 0) is 13.3 Å². The molecule has 8 heavy (non-hydrogen) atoms. The summed E-state index contributed by atoms with van der Waals surface area (Å²) in [5, 5.41) is 0.458. The third-order valence-corrected chi connectivity index (χ3v) is 1.60. The maximum atomic E-state index is 4.29. The number of hydrogen-bond acceptors (Lipinski definition) is 1. The van der Waals surface area contributed by atoms with Gasteiger partial charge in [-0.2, -0.15) is 12.6 Å². The molecule has 0 amide bonds. The Morgan fingerprint density at radius 1 is 1.75 bits per heavy atom. The van der Waals surface area contributed by atoms with Crippen LogP contribution in [0.2, 0.25) is 0 Å². The molecule has 0 nitrogen and oxygen atoms in total. The number of rotatable bonds is 0. The van der Waals surface area contributed by atoms with Gasteiger partial charge in [0.2, 0.25) is 0 Å². The number of allylic oxidation sites excluding steroid dienone is 3. The lowest BCUT2D eigenvalue weighted by molar-refractivity contribution is 0.985. The molecule has 0 saturated heterocycles. The second kappa shape index (κ2) is 2.40. The highest BCUT2D eigenvalue weighted by Gasteiger charge is 2.00. The highest BCUT2D eigenvalue weighted by molar-refractivity contribution is 7.81. The van der Waals surface area contributed by atoms with Crippen LogP contribution in [0, 0.1) is 0 Å². The molecule has 1 unspecified atom stereocenters. The van der Waals surface area contributed by atoms with Crippen molar-refractivity contribution < 1.29 is 0 Å². The van der Waals surface area contributed by atoms with Crippen LogP contribution in [0.5, 0.6) is 0 Å². The summed E-state index contributed by atoms with van der Waals surface area (Å²) in [7, 11) is 0. The Kier molecular flexibility index (Phi) is 1.79. The Balaban J connectivity index is 2.59. The van der Waals surface area contributed by atoms with Gasteiger partial charge < -0.3 is 0 Å². The van der Waals surface area contributed by atoms with Crippen molar-refractivity contribution in [3.05, 3.63) is 23.8 Å². The molecule has 0 aromatic carbocycles. The van der Waals surface area contributed by atoms with E-state index in [2.05, 4.69) is 37.8 Å². The lowest BCUT2D eigenvalue weighted by Crippen LogP contribution is -1.97. The van der Waals surface area contributed by atoms with Crippen LogP contribution in [0.25, 0.3) is 0 Å². The van der Waals surface area contributed by atoms with Crippen LogP contribution in [0.4, 0.5) is 0 Å². The van der Waals surface area contributed by atoms with Crippen molar-refractivity contribution >= 4 is 12.6 Å². The van der Waals surface area contributed by atoms with Crippen LogP contribution in [-0.4, -0.2) is 5.25 Å². The lowest BCUT2D eigenvalue weighted by atomic mass is 10.1. The molecule has 1 aliphatic carbocycles. The fraction of sp³-hybridized carbons (Fsp3) is 0.429. The van der Waals surface area contributed by atoms with Crippen LogP contribution >= 0.6 is 12.6 Å². The molecule has 1 aliphatic rings. The van der Waals surface area contributed by atoms with Crippen molar-refractivity contribution in [2.24, 2.45) is 0 Å². The zero-order chi connectivity index (χ0) is 5.98. The van der Waals surface area contributed by atoms with Crippen LogP contribution < -0.4 is 0 Å². The van der Waals surface area contributed by atoms with Gasteiger partial charge in [0.25, 0.3) is 0 Å². The predicted octanol–water partition coefficient (Wildman–Crippen LogP) is 2.19. The van der Waals surface area contributed by atoms with Crippen molar-refractivity contribution in [3.8, 4) is 0 Å². The van der Waals surface area contributed by atoms with Crippen molar-refractivity contribution in [2.45, 2.75) is 18.6 Å². The first kappa shape index (κ1) is 5.96. The molecule has 0 aromatic rings. The molecular weight excluding hydrogens is 116 g/mol. The van der Waals surface area contributed by atoms with Gasteiger partial charge >= 0.3 is 0 Å². The maximum absolute atomic E-state index is 4.29. The Hall–Kier alpha value is -0.170. The third-order valence-electron chi connectivity index (χ3n) is 1.25. The smallest absolute Gasteiger partial charge is 0.0237 e. The van der Waals surface area contributed by atoms with Gasteiger partial charge in [0.15, 0.2) is 0 Å². The summed E-state index contributed by atoms with van der Waals surface area (Å²) >= 11 is 4.29. The monoisotopic (exact) mass is 126 g/mol. The SMILES string of the molecule is CC1=CC=CC(S)C1. The zero-order valence-electron chi connectivity index (χ0n) is 4.96. The molecule has 1 atom stereocenters. The van der Waals surface area contributed by atoms with E-state index in [0.717, 1.165) is 6.42 Å². The third kappa shape index (κ3) is 1.41. The minimum absolute atomic E-state index is 0.458. The largest absolute Gasteiger partial charge is 0.171 e. The van der Waals surface area contributed by atoms with Crippen LogP contribution in [-0.2, 0) is 0 Å². The molecule has 1 heteroatoms. The maximum Gasteiger partial charge on any atom is 0.0237 e. The summed E-state index contributed by atoms with van der Waals surface area (Å²) in [6.07, 6.45) is 7.42. The average molecular weight is 126 g/mol. The van der Waals surface area contributed by atoms with E-state index in [1.807, 2.05) is 0 Å². The minimum Gasteiger partial charge on any atom is -0.171 e.